The summed E-state index contributed by atoms with van der Waals surface area (Å²) in [5.41, 5.74) is 6.07. The van der Waals surface area contributed by atoms with Crippen molar-refractivity contribution in [3.05, 3.63) is 0 Å². The van der Waals surface area contributed by atoms with Crippen molar-refractivity contribution in [2.75, 3.05) is 26.8 Å². The van der Waals surface area contributed by atoms with E-state index in [1.807, 2.05) is 0 Å². The van der Waals surface area contributed by atoms with Gasteiger partial charge in [0.25, 0.3) is 0 Å². The van der Waals surface area contributed by atoms with Crippen LogP contribution in [0.15, 0.2) is 0 Å². The van der Waals surface area contributed by atoms with Crippen molar-refractivity contribution < 1.29 is 4.74 Å². The van der Waals surface area contributed by atoms with Gasteiger partial charge in [0.1, 0.15) is 0 Å². The molecule has 3 atom stereocenters. The van der Waals surface area contributed by atoms with E-state index in [0.29, 0.717) is 6.04 Å². The quantitative estimate of drug-likeness (QED) is 0.753. The lowest BCUT2D eigenvalue weighted by molar-refractivity contribution is 0.113. The molecule has 3 nitrogen and oxygen atoms in total. The average Bonchev–Trinajstić information content (AvgIpc) is 2.19. The molecule has 0 spiro atoms. The lowest BCUT2D eigenvalue weighted by Crippen LogP contribution is -2.46. The molecule has 0 aromatic rings. The minimum atomic E-state index is 0.265. The van der Waals surface area contributed by atoms with Gasteiger partial charge in [0, 0.05) is 32.3 Å². The maximum atomic E-state index is 6.07. The fourth-order valence-corrected chi connectivity index (χ4v) is 2.39. The average molecular weight is 214 g/mol. The monoisotopic (exact) mass is 214 g/mol. The Balaban J connectivity index is 2.25. The highest BCUT2D eigenvalue weighted by Gasteiger charge is 2.23. The molecule has 1 heterocycles. The van der Waals surface area contributed by atoms with E-state index >= 15 is 0 Å². The lowest BCUT2D eigenvalue weighted by atomic mass is 9.93. The van der Waals surface area contributed by atoms with E-state index in [1.165, 1.54) is 19.4 Å². The second kappa shape index (κ2) is 6.46. The van der Waals surface area contributed by atoms with Crippen LogP contribution in [0.25, 0.3) is 0 Å². The van der Waals surface area contributed by atoms with Crippen LogP contribution >= 0.6 is 0 Å². The van der Waals surface area contributed by atoms with Crippen LogP contribution in [-0.4, -0.2) is 43.8 Å². The van der Waals surface area contributed by atoms with Gasteiger partial charge in [0.2, 0.25) is 0 Å². The van der Waals surface area contributed by atoms with E-state index in [1.54, 1.807) is 7.11 Å². The molecule has 0 radical (unpaired) electrons. The predicted octanol–water partition coefficient (Wildman–Crippen LogP) is 1.47. The summed E-state index contributed by atoms with van der Waals surface area (Å²) in [6, 6.07) is 0.961. The fraction of sp³-hybridized carbons (Fsp3) is 1.00. The topological polar surface area (TPSA) is 38.5 Å². The van der Waals surface area contributed by atoms with Gasteiger partial charge in [-0.2, -0.15) is 0 Å². The Bertz CT molecular complexity index is 175. The zero-order valence-electron chi connectivity index (χ0n) is 10.4. The second-order valence-electron chi connectivity index (χ2n) is 5.02. The predicted molar refractivity (Wildman–Crippen MR) is 63.9 cm³/mol. The first-order valence-electron chi connectivity index (χ1n) is 6.12. The first-order valence-corrected chi connectivity index (χ1v) is 6.12. The van der Waals surface area contributed by atoms with Gasteiger partial charge in [-0.15, -0.1) is 0 Å². The molecule has 3 unspecified atom stereocenters. The smallest absolute Gasteiger partial charge is 0.0477 e. The third kappa shape index (κ3) is 4.49. The molecule has 1 aliphatic rings. The normalized spacial score (nSPS) is 30.4. The minimum Gasteiger partial charge on any atom is -0.385 e. The van der Waals surface area contributed by atoms with Gasteiger partial charge in [0.05, 0.1) is 0 Å². The van der Waals surface area contributed by atoms with Crippen LogP contribution in [0.5, 0.6) is 0 Å². The molecule has 0 aromatic heterocycles. The van der Waals surface area contributed by atoms with Crippen LogP contribution < -0.4 is 5.73 Å². The lowest BCUT2D eigenvalue weighted by Gasteiger charge is -2.37. The van der Waals surface area contributed by atoms with E-state index < -0.39 is 0 Å². The first-order chi connectivity index (χ1) is 7.13. The van der Waals surface area contributed by atoms with Crippen LogP contribution in [0.1, 0.15) is 33.1 Å². The van der Waals surface area contributed by atoms with Crippen LogP contribution in [0, 0.1) is 5.92 Å². The van der Waals surface area contributed by atoms with Gasteiger partial charge in [-0.05, 0) is 38.6 Å². The summed E-state index contributed by atoms with van der Waals surface area (Å²) in [5.74, 6) is 0.881. The summed E-state index contributed by atoms with van der Waals surface area (Å²) in [6.45, 7) is 7.68. The summed E-state index contributed by atoms with van der Waals surface area (Å²) in [6.07, 6.45) is 3.60. The van der Waals surface area contributed by atoms with E-state index in [4.69, 9.17) is 10.5 Å². The van der Waals surface area contributed by atoms with Crippen molar-refractivity contribution in [2.24, 2.45) is 11.7 Å². The Kier molecular flexibility index (Phi) is 5.58. The first kappa shape index (κ1) is 12.9. The highest BCUT2D eigenvalue weighted by molar-refractivity contribution is 4.79. The van der Waals surface area contributed by atoms with E-state index in [-0.39, 0.29) is 6.04 Å². The number of piperidine rings is 1. The van der Waals surface area contributed by atoms with Crippen LogP contribution in [0.3, 0.4) is 0 Å². The molecule has 2 N–H and O–H groups in total. The number of nitrogens with zero attached hydrogens (tertiary/aromatic N) is 1. The maximum absolute atomic E-state index is 6.07. The van der Waals surface area contributed by atoms with Crippen LogP contribution in [0.4, 0.5) is 0 Å². The van der Waals surface area contributed by atoms with Gasteiger partial charge in [-0.25, -0.2) is 0 Å². The molecular formula is C12H26N2O. The van der Waals surface area contributed by atoms with Crippen molar-refractivity contribution in [3.63, 3.8) is 0 Å². The van der Waals surface area contributed by atoms with E-state index in [0.717, 1.165) is 25.5 Å². The van der Waals surface area contributed by atoms with E-state index in [9.17, 15) is 0 Å². The Hall–Kier alpha value is -0.120. The van der Waals surface area contributed by atoms with Crippen molar-refractivity contribution in [2.45, 2.75) is 45.2 Å². The molecule has 0 bridgehead atoms. The molecule has 1 aliphatic heterocycles. The van der Waals surface area contributed by atoms with Crippen molar-refractivity contribution in [1.29, 1.82) is 0 Å². The van der Waals surface area contributed by atoms with Gasteiger partial charge >= 0.3 is 0 Å². The number of ether oxygens (including phenoxy) is 1. The highest BCUT2D eigenvalue weighted by atomic mass is 16.5. The molecule has 0 aromatic carbocycles. The standard InChI is InChI=1S/C12H26N2O/c1-10-4-6-14(11(2)8-10)9-12(13)5-7-15-3/h10-12H,4-9,13H2,1-3H3. The van der Waals surface area contributed by atoms with Crippen LogP contribution in [-0.2, 0) is 4.74 Å². The molecule has 0 amide bonds. The molecule has 0 saturated carbocycles. The largest absolute Gasteiger partial charge is 0.385 e. The number of nitrogens with two attached hydrogens (primary N) is 1. The van der Waals surface area contributed by atoms with E-state index in [2.05, 4.69) is 18.7 Å². The van der Waals surface area contributed by atoms with Crippen molar-refractivity contribution in [1.82, 2.24) is 4.90 Å². The number of hydrogen-bond acceptors (Lipinski definition) is 3. The second-order valence-corrected chi connectivity index (χ2v) is 5.02. The number of rotatable bonds is 5. The fourth-order valence-electron chi connectivity index (χ4n) is 2.39. The summed E-state index contributed by atoms with van der Waals surface area (Å²) in [7, 11) is 1.73. The number of likely N-dealkylation sites (tertiary alicyclic amines) is 1. The zero-order chi connectivity index (χ0) is 11.3. The Morgan fingerprint density at radius 3 is 2.80 bits per heavy atom. The molecule has 15 heavy (non-hydrogen) atoms. The third-order valence-corrected chi connectivity index (χ3v) is 3.44. The molecule has 1 rings (SSSR count). The molecular weight excluding hydrogens is 188 g/mol. The van der Waals surface area contributed by atoms with Gasteiger partial charge in [0.15, 0.2) is 0 Å². The SMILES string of the molecule is COCCC(N)CN1CCC(C)CC1C. The summed E-state index contributed by atoms with van der Waals surface area (Å²) in [5, 5.41) is 0. The summed E-state index contributed by atoms with van der Waals surface area (Å²) in [4.78, 5) is 2.53. The molecule has 0 aliphatic carbocycles. The van der Waals surface area contributed by atoms with Crippen molar-refractivity contribution in [3.8, 4) is 0 Å². The molecule has 90 valence electrons. The highest BCUT2D eigenvalue weighted by Crippen LogP contribution is 2.21. The molecule has 1 saturated heterocycles. The van der Waals surface area contributed by atoms with Gasteiger partial charge in [-0.3, -0.25) is 4.90 Å². The van der Waals surface area contributed by atoms with Gasteiger partial charge < -0.3 is 10.5 Å². The Morgan fingerprint density at radius 1 is 1.47 bits per heavy atom. The summed E-state index contributed by atoms with van der Waals surface area (Å²) >= 11 is 0. The Morgan fingerprint density at radius 2 is 2.20 bits per heavy atom. The number of methoxy groups -OCH3 is 1. The number of hydrogen-bond donors (Lipinski definition) is 1. The van der Waals surface area contributed by atoms with Crippen molar-refractivity contribution >= 4 is 0 Å². The molecule has 1 fully saturated rings. The zero-order valence-corrected chi connectivity index (χ0v) is 10.4. The third-order valence-electron chi connectivity index (χ3n) is 3.44. The maximum Gasteiger partial charge on any atom is 0.0477 e. The molecule has 3 heteroatoms. The minimum absolute atomic E-state index is 0.265. The van der Waals surface area contributed by atoms with Crippen LogP contribution in [0.2, 0.25) is 0 Å². The summed E-state index contributed by atoms with van der Waals surface area (Å²) < 4.78 is 5.05. The van der Waals surface area contributed by atoms with Gasteiger partial charge in [-0.1, -0.05) is 6.92 Å². The Labute approximate surface area is 94.0 Å².